The van der Waals surface area contributed by atoms with Crippen molar-refractivity contribution in [3.8, 4) is 0 Å². The SMILES string of the molecule is C[C@H]1[C@@H](c2ccccc2)N(C(=O)CBr)C(=O)N1C. The molecule has 0 radical (unpaired) electrons. The fourth-order valence-corrected chi connectivity index (χ4v) is 2.56. The van der Waals surface area contributed by atoms with E-state index in [0.717, 1.165) is 5.56 Å². The number of carbonyl (C=O) groups is 2. The van der Waals surface area contributed by atoms with Gasteiger partial charge in [-0.25, -0.2) is 4.79 Å². The molecule has 0 aromatic heterocycles. The van der Waals surface area contributed by atoms with Crippen LogP contribution in [-0.2, 0) is 4.79 Å². The first-order valence-corrected chi connectivity index (χ1v) is 6.90. The van der Waals surface area contributed by atoms with Crippen LogP contribution in [-0.4, -0.2) is 40.2 Å². The molecule has 1 fully saturated rings. The Morgan fingerprint density at radius 1 is 1.33 bits per heavy atom. The van der Waals surface area contributed by atoms with E-state index >= 15 is 0 Å². The summed E-state index contributed by atoms with van der Waals surface area (Å²) in [6, 6.07) is 9.18. The number of nitrogens with zero attached hydrogens (tertiary/aromatic N) is 2. The Bertz CT molecular complexity index is 463. The lowest BCUT2D eigenvalue weighted by Crippen LogP contribution is -2.37. The molecule has 18 heavy (non-hydrogen) atoms. The molecular formula is C13H15BrN2O2. The third-order valence-corrected chi connectivity index (χ3v) is 3.86. The summed E-state index contributed by atoms with van der Waals surface area (Å²) in [7, 11) is 1.73. The summed E-state index contributed by atoms with van der Waals surface area (Å²) in [5, 5.41) is 0.155. The fourth-order valence-electron chi connectivity index (χ4n) is 2.29. The van der Waals surface area contributed by atoms with Crippen LogP contribution in [0.5, 0.6) is 0 Å². The van der Waals surface area contributed by atoms with Crippen LogP contribution in [0, 0.1) is 0 Å². The summed E-state index contributed by atoms with van der Waals surface area (Å²) < 4.78 is 0. The van der Waals surface area contributed by atoms with Crippen LogP contribution in [0.25, 0.3) is 0 Å². The van der Waals surface area contributed by atoms with Gasteiger partial charge in [0, 0.05) is 7.05 Å². The maximum absolute atomic E-state index is 12.1. The summed E-state index contributed by atoms with van der Waals surface area (Å²) in [6.07, 6.45) is 0. The van der Waals surface area contributed by atoms with Gasteiger partial charge in [-0.15, -0.1) is 0 Å². The zero-order valence-electron chi connectivity index (χ0n) is 10.3. The van der Waals surface area contributed by atoms with Crippen LogP contribution in [0.1, 0.15) is 18.5 Å². The Labute approximate surface area is 115 Å². The van der Waals surface area contributed by atoms with Crippen molar-refractivity contribution in [3.63, 3.8) is 0 Å². The van der Waals surface area contributed by atoms with Gasteiger partial charge in [0.05, 0.1) is 17.4 Å². The first kappa shape index (κ1) is 13.1. The summed E-state index contributed by atoms with van der Waals surface area (Å²) >= 11 is 3.13. The molecule has 1 heterocycles. The van der Waals surface area contributed by atoms with Crippen LogP contribution >= 0.6 is 15.9 Å². The summed E-state index contributed by atoms with van der Waals surface area (Å²) in [5.41, 5.74) is 0.983. The molecule has 96 valence electrons. The molecule has 2 rings (SSSR count). The number of benzene rings is 1. The standard InChI is InChI=1S/C13H15BrN2O2/c1-9-12(10-6-4-3-5-7-10)16(11(17)8-14)13(18)15(9)2/h3-7,9,12H,8H2,1-2H3/t9-,12-/m0/s1. The highest BCUT2D eigenvalue weighted by atomic mass is 79.9. The smallest absolute Gasteiger partial charge is 0.322 e. The second kappa shape index (κ2) is 5.10. The van der Waals surface area contributed by atoms with Crippen molar-refractivity contribution in [2.45, 2.75) is 19.0 Å². The van der Waals surface area contributed by atoms with Crippen molar-refractivity contribution >= 4 is 27.9 Å². The third-order valence-electron chi connectivity index (χ3n) is 3.38. The number of carbonyl (C=O) groups excluding carboxylic acids is 2. The summed E-state index contributed by atoms with van der Waals surface area (Å²) in [6.45, 7) is 1.96. The average molecular weight is 311 g/mol. The maximum atomic E-state index is 12.1. The lowest BCUT2D eigenvalue weighted by molar-refractivity contribution is -0.126. The van der Waals surface area contributed by atoms with E-state index in [1.165, 1.54) is 4.90 Å². The molecule has 1 aliphatic heterocycles. The Morgan fingerprint density at radius 2 is 1.94 bits per heavy atom. The summed E-state index contributed by atoms with van der Waals surface area (Å²) in [4.78, 5) is 27.0. The maximum Gasteiger partial charge on any atom is 0.327 e. The van der Waals surface area contributed by atoms with Gasteiger partial charge in [0.1, 0.15) is 0 Å². The number of amides is 3. The fraction of sp³-hybridized carbons (Fsp3) is 0.385. The molecule has 1 aromatic rings. The van der Waals surface area contributed by atoms with Gasteiger partial charge in [0.15, 0.2) is 0 Å². The van der Waals surface area contributed by atoms with E-state index in [-0.39, 0.29) is 29.4 Å². The van der Waals surface area contributed by atoms with Gasteiger partial charge in [-0.2, -0.15) is 0 Å². The average Bonchev–Trinajstić information content (AvgIpc) is 2.63. The number of halogens is 1. The van der Waals surface area contributed by atoms with E-state index < -0.39 is 0 Å². The Balaban J connectivity index is 2.42. The van der Waals surface area contributed by atoms with Crippen molar-refractivity contribution in [2.75, 3.05) is 12.4 Å². The van der Waals surface area contributed by atoms with E-state index in [1.54, 1.807) is 11.9 Å². The predicted octanol–water partition coefficient (Wildman–Crippen LogP) is 2.41. The van der Waals surface area contributed by atoms with Crippen molar-refractivity contribution in [1.29, 1.82) is 0 Å². The number of imide groups is 1. The van der Waals surface area contributed by atoms with E-state index in [0.29, 0.717) is 0 Å². The number of hydrogen-bond acceptors (Lipinski definition) is 2. The number of rotatable bonds is 2. The number of likely N-dealkylation sites (N-methyl/N-ethyl adjacent to an activating group) is 1. The van der Waals surface area contributed by atoms with Gasteiger partial charge in [0.2, 0.25) is 5.91 Å². The van der Waals surface area contributed by atoms with E-state index in [1.807, 2.05) is 37.3 Å². The quantitative estimate of drug-likeness (QED) is 0.787. The zero-order valence-corrected chi connectivity index (χ0v) is 11.9. The topological polar surface area (TPSA) is 40.6 Å². The molecule has 2 atom stereocenters. The second-order valence-electron chi connectivity index (χ2n) is 4.39. The Kier molecular flexibility index (Phi) is 3.71. The van der Waals surface area contributed by atoms with Gasteiger partial charge < -0.3 is 4.90 Å². The monoisotopic (exact) mass is 310 g/mol. The first-order chi connectivity index (χ1) is 8.57. The minimum absolute atomic E-state index is 0.0251. The van der Waals surface area contributed by atoms with Gasteiger partial charge in [-0.1, -0.05) is 46.3 Å². The zero-order chi connectivity index (χ0) is 13.3. The highest BCUT2D eigenvalue weighted by molar-refractivity contribution is 9.09. The summed E-state index contributed by atoms with van der Waals surface area (Å²) in [5.74, 6) is -0.204. The lowest BCUT2D eigenvalue weighted by atomic mass is 10.0. The largest absolute Gasteiger partial charge is 0.327 e. The van der Waals surface area contributed by atoms with E-state index in [9.17, 15) is 9.59 Å². The first-order valence-electron chi connectivity index (χ1n) is 5.77. The van der Waals surface area contributed by atoms with Gasteiger partial charge in [0.25, 0.3) is 0 Å². The van der Waals surface area contributed by atoms with Gasteiger partial charge in [-0.05, 0) is 12.5 Å². The highest BCUT2D eigenvalue weighted by Gasteiger charge is 2.44. The predicted molar refractivity (Wildman–Crippen MR) is 72.4 cm³/mol. The molecule has 0 saturated carbocycles. The molecule has 1 aromatic carbocycles. The normalized spacial score (nSPS) is 23.6. The number of alkyl halides is 1. The van der Waals surface area contributed by atoms with E-state index in [4.69, 9.17) is 0 Å². The van der Waals surface area contributed by atoms with Crippen LogP contribution in [0.4, 0.5) is 4.79 Å². The molecule has 3 amide bonds. The minimum Gasteiger partial charge on any atom is -0.322 e. The molecule has 5 heteroatoms. The van der Waals surface area contributed by atoms with Gasteiger partial charge in [-0.3, -0.25) is 9.69 Å². The molecule has 0 aliphatic carbocycles. The van der Waals surface area contributed by atoms with Crippen molar-refractivity contribution < 1.29 is 9.59 Å². The second-order valence-corrected chi connectivity index (χ2v) is 4.95. The molecule has 0 spiro atoms. The molecule has 4 nitrogen and oxygen atoms in total. The minimum atomic E-state index is -0.235. The van der Waals surface area contributed by atoms with Gasteiger partial charge >= 0.3 is 6.03 Å². The Morgan fingerprint density at radius 3 is 2.50 bits per heavy atom. The Hall–Kier alpha value is -1.36. The molecule has 0 unspecified atom stereocenters. The molecular weight excluding hydrogens is 296 g/mol. The van der Waals surface area contributed by atoms with Crippen LogP contribution in [0.15, 0.2) is 30.3 Å². The van der Waals surface area contributed by atoms with Crippen LogP contribution < -0.4 is 0 Å². The van der Waals surface area contributed by atoms with E-state index in [2.05, 4.69) is 15.9 Å². The lowest BCUT2D eigenvalue weighted by Gasteiger charge is -2.23. The number of urea groups is 1. The molecule has 0 bridgehead atoms. The number of hydrogen-bond donors (Lipinski definition) is 0. The molecule has 0 N–H and O–H groups in total. The van der Waals surface area contributed by atoms with Crippen LogP contribution in [0.3, 0.4) is 0 Å². The third kappa shape index (κ3) is 2.03. The van der Waals surface area contributed by atoms with Crippen molar-refractivity contribution in [2.24, 2.45) is 0 Å². The highest BCUT2D eigenvalue weighted by Crippen LogP contribution is 2.34. The molecule has 1 saturated heterocycles. The molecule has 1 aliphatic rings. The van der Waals surface area contributed by atoms with Crippen molar-refractivity contribution in [3.05, 3.63) is 35.9 Å². The van der Waals surface area contributed by atoms with Crippen molar-refractivity contribution in [1.82, 2.24) is 9.80 Å². The van der Waals surface area contributed by atoms with Crippen LogP contribution in [0.2, 0.25) is 0 Å².